The van der Waals surface area contributed by atoms with Gasteiger partial charge in [-0.05, 0) is 24.5 Å². The second kappa shape index (κ2) is 8.89. The van der Waals surface area contributed by atoms with Crippen molar-refractivity contribution in [2.75, 3.05) is 32.8 Å². The lowest BCUT2D eigenvalue weighted by Gasteiger charge is -2.19. The van der Waals surface area contributed by atoms with Gasteiger partial charge in [0.25, 0.3) is 5.91 Å². The van der Waals surface area contributed by atoms with E-state index in [0.29, 0.717) is 23.9 Å². The Morgan fingerprint density at radius 1 is 1.12 bits per heavy atom. The summed E-state index contributed by atoms with van der Waals surface area (Å²) in [6.45, 7) is 5.41. The summed E-state index contributed by atoms with van der Waals surface area (Å²) in [6, 6.07) is 10.1. The molecule has 2 aromatic rings. The number of ether oxygens (including phenoxy) is 1. The van der Waals surface area contributed by atoms with Crippen molar-refractivity contribution in [1.29, 1.82) is 0 Å². The number of nitrogens with one attached hydrogen (secondary N) is 1. The number of hydrogen-bond acceptors (Lipinski definition) is 3. The summed E-state index contributed by atoms with van der Waals surface area (Å²) in [6.07, 6.45) is -4.48. The lowest BCUT2D eigenvalue weighted by Crippen LogP contribution is -2.35. The molecular formula is C19H23F3N2O2. The number of fused-ring (bicyclic) bond motifs is 1. The largest absolute Gasteiger partial charge is 0.483 e. The number of carbonyl (C=O) groups is 1. The fourth-order valence-electron chi connectivity index (χ4n) is 2.69. The molecule has 0 aliphatic heterocycles. The highest BCUT2D eigenvalue weighted by Crippen LogP contribution is 2.31. The van der Waals surface area contributed by atoms with Crippen LogP contribution in [0.2, 0.25) is 0 Å². The van der Waals surface area contributed by atoms with E-state index < -0.39 is 18.7 Å². The van der Waals surface area contributed by atoms with Gasteiger partial charge in [0, 0.05) is 18.5 Å². The van der Waals surface area contributed by atoms with Gasteiger partial charge >= 0.3 is 6.18 Å². The van der Waals surface area contributed by atoms with Gasteiger partial charge in [0.1, 0.15) is 5.75 Å². The monoisotopic (exact) mass is 368 g/mol. The average molecular weight is 368 g/mol. The van der Waals surface area contributed by atoms with Gasteiger partial charge in [0.15, 0.2) is 6.61 Å². The molecule has 0 heterocycles. The number of alkyl halides is 3. The highest BCUT2D eigenvalue weighted by atomic mass is 19.4. The summed E-state index contributed by atoms with van der Waals surface area (Å²) in [7, 11) is 0. The fourth-order valence-corrected chi connectivity index (χ4v) is 2.69. The van der Waals surface area contributed by atoms with Gasteiger partial charge in [-0.25, -0.2) is 0 Å². The molecule has 1 amide bonds. The van der Waals surface area contributed by atoms with E-state index in [1.54, 1.807) is 30.3 Å². The Balaban J connectivity index is 2.23. The third-order valence-electron chi connectivity index (χ3n) is 4.11. The molecule has 142 valence electrons. The van der Waals surface area contributed by atoms with Crippen molar-refractivity contribution in [2.45, 2.75) is 20.0 Å². The number of amides is 1. The Hall–Kier alpha value is -2.28. The molecule has 4 nitrogen and oxygen atoms in total. The molecule has 2 aromatic carbocycles. The molecule has 2 rings (SSSR count). The van der Waals surface area contributed by atoms with E-state index in [1.165, 1.54) is 6.07 Å². The first-order chi connectivity index (χ1) is 12.4. The molecule has 0 atom stereocenters. The first-order valence-corrected chi connectivity index (χ1v) is 8.57. The zero-order valence-electron chi connectivity index (χ0n) is 14.9. The summed E-state index contributed by atoms with van der Waals surface area (Å²) in [5.74, 6) is -0.485. The number of halogens is 3. The van der Waals surface area contributed by atoms with Crippen LogP contribution < -0.4 is 10.1 Å². The molecule has 0 saturated heterocycles. The summed E-state index contributed by atoms with van der Waals surface area (Å²) in [5, 5.41) is 3.95. The van der Waals surface area contributed by atoms with E-state index in [-0.39, 0.29) is 11.3 Å². The maximum absolute atomic E-state index is 12.6. The SMILES string of the molecule is CCN(CC)CCNC(=O)c1ccc2ccccc2c1OCC(F)(F)F. The molecule has 0 aliphatic carbocycles. The lowest BCUT2D eigenvalue weighted by molar-refractivity contribution is -0.153. The Morgan fingerprint density at radius 2 is 1.81 bits per heavy atom. The number of hydrogen-bond donors (Lipinski definition) is 1. The number of benzene rings is 2. The van der Waals surface area contributed by atoms with E-state index in [0.717, 1.165) is 13.1 Å². The maximum Gasteiger partial charge on any atom is 0.422 e. The van der Waals surface area contributed by atoms with E-state index in [4.69, 9.17) is 4.74 Å². The Labute approximate surface area is 150 Å². The van der Waals surface area contributed by atoms with Crippen LogP contribution in [-0.2, 0) is 0 Å². The molecule has 0 aliphatic rings. The molecular weight excluding hydrogens is 345 g/mol. The number of nitrogens with zero attached hydrogens (tertiary/aromatic N) is 1. The van der Waals surface area contributed by atoms with Crippen molar-refractivity contribution < 1.29 is 22.7 Å². The normalized spacial score (nSPS) is 11.8. The van der Waals surface area contributed by atoms with Gasteiger partial charge in [-0.2, -0.15) is 13.2 Å². The quantitative estimate of drug-likeness (QED) is 0.770. The van der Waals surface area contributed by atoms with Crippen molar-refractivity contribution in [3.63, 3.8) is 0 Å². The molecule has 0 unspecified atom stereocenters. The van der Waals surface area contributed by atoms with Crippen LogP contribution in [0.4, 0.5) is 13.2 Å². The van der Waals surface area contributed by atoms with Crippen LogP contribution in [0.15, 0.2) is 36.4 Å². The van der Waals surface area contributed by atoms with E-state index >= 15 is 0 Å². The maximum atomic E-state index is 12.6. The first kappa shape index (κ1) is 20.0. The minimum atomic E-state index is -4.48. The highest BCUT2D eigenvalue weighted by molar-refractivity contribution is 6.03. The number of carbonyl (C=O) groups excluding carboxylic acids is 1. The van der Waals surface area contributed by atoms with E-state index in [1.807, 2.05) is 13.8 Å². The molecule has 26 heavy (non-hydrogen) atoms. The van der Waals surface area contributed by atoms with Gasteiger partial charge < -0.3 is 15.0 Å². The molecule has 1 N–H and O–H groups in total. The topological polar surface area (TPSA) is 41.6 Å². The van der Waals surface area contributed by atoms with E-state index in [9.17, 15) is 18.0 Å². The van der Waals surface area contributed by atoms with Crippen LogP contribution in [0, 0.1) is 0 Å². The summed E-state index contributed by atoms with van der Waals surface area (Å²) in [4.78, 5) is 14.6. The minimum Gasteiger partial charge on any atom is -0.483 e. The number of rotatable bonds is 8. The first-order valence-electron chi connectivity index (χ1n) is 8.57. The van der Waals surface area contributed by atoms with Crippen LogP contribution in [0.5, 0.6) is 5.75 Å². The molecule has 0 radical (unpaired) electrons. The van der Waals surface area contributed by atoms with Crippen LogP contribution >= 0.6 is 0 Å². The van der Waals surface area contributed by atoms with Crippen molar-refractivity contribution in [2.24, 2.45) is 0 Å². The minimum absolute atomic E-state index is 0.0410. The third-order valence-corrected chi connectivity index (χ3v) is 4.11. The molecule has 7 heteroatoms. The van der Waals surface area contributed by atoms with Crippen molar-refractivity contribution in [1.82, 2.24) is 10.2 Å². The molecule has 0 spiro atoms. The molecule has 0 aromatic heterocycles. The summed E-state index contributed by atoms with van der Waals surface area (Å²) >= 11 is 0. The van der Waals surface area contributed by atoms with Crippen molar-refractivity contribution >= 4 is 16.7 Å². The van der Waals surface area contributed by atoms with Crippen LogP contribution in [-0.4, -0.2) is 49.8 Å². The Bertz CT molecular complexity index is 743. The average Bonchev–Trinajstić information content (AvgIpc) is 2.62. The van der Waals surface area contributed by atoms with Crippen LogP contribution in [0.1, 0.15) is 24.2 Å². The van der Waals surface area contributed by atoms with Crippen molar-refractivity contribution in [3.05, 3.63) is 42.0 Å². The Morgan fingerprint density at radius 3 is 2.46 bits per heavy atom. The highest BCUT2D eigenvalue weighted by Gasteiger charge is 2.29. The summed E-state index contributed by atoms with van der Waals surface area (Å²) < 4.78 is 42.8. The van der Waals surface area contributed by atoms with E-state index in [2.05, 4.69) is 10.2 Å². The zero-order valence-corrected chi connectivity index (χ0v) is 14.9. The summed E-state index contributed by atoms with van der Waals surface area (Å²) in [5.41, 5.74) is 0.104. The van der Waals surface area contributed by atoms with Gasteiger partial charge in [0.2, 0.25) is 0 Å². The fraction of sp³-hybridized carbons (Fsp3) is 0.421. The lowest BCUT2D eigenvalue weighted by atomic mass is 10.0. The number of likely N-dealkylation sites (N-methyl/N-ethyl adjacent to an activating group) is 1. The molecule has 0 bridgehead atoms. The predicted octanol–water partition coefficient (Wildman–Crippen LogP) is 3.85. The molecule has 0 fully saturated rings. The second-order valence-electron chi connectivity index (χ2n) is 5.85. The zero-order chi connectivity index (χ0) is 19.2. The van der Waals surface area contributed by atoms with Gasteiger partial charge in [-0.1, -0.05) is 44.2 Å². The Kier molecular flexibility index (Phi) is 6.85. The van der Waals surface area contributed by atoms with Crippen LogP contribution in [0.25, 0.3) is 10.8 Å². The third kappa shape index (κ3) is 5.36. The van der Waals surface area contributed by atoms with Gasteiger partial charge in [-0.15, -0.1) is 0 Å². The molecule has 0 saturated carbocycles. The smallest absolute Gasteiger partial charge is 0.422 e. The predicted molar refractivity (Wildman–Crippen MR) is 95.6 cm³/mol. The second-order valence-corrected chi connectivity index (χ2v) is 5.85. The standard InChI is InChI=1S/C19H23F3N2O2/c1-3-24(4-2)12-11-23-18(25)16-10-9-14-7-5-6-8-15(14)17(16)26-13-19(20,21)22/h5-10H,3-4,11-13H2,1-2H3,(H,23,25). The van der Waals surface area contributed by atoms with Crippen LogP contribution in [0.3, 0.4) is 0 Å². The van der Waals surface area contributed by atoms with Crippen molar-refractivity contribution in [3.8, 4) is 5.75 Å². The van der Waals surface area contributed by atoms with Gasteiger partial charge in [-0.3, -0.25) is 4.79 Å². The van der Waals surface area contributed by atoms with Gasteiger partial charge in [0.05, 0.1) is 5.56 Å².